The molecule has 0 spiro atoms. The molecule has 3 rings (SSSR count). The Labute approximate surface area is 140 Å². The third-order valence-electron chi connectivity index (χ3n) is 4.67. The van der Waals surface area contributed by atoms with Crippen LogP contribution in [0.2, 0.25) is 0 Å². The van der Waals surface area contributed by atoms with Gasteiger partial charge in [0.2, 0.25) is 5.89 Å². The number of amides is 2. The normalized spacial score (nSPS) is 19.7. The highest BCUT2D eigenvalue weighted by Crippen LogP contribution is 2.35. The highest BCUT2D eigenvalue weighted by atomic mass is 19.1. The molecule has 2 N–H and O–H groups in total. The van der Waals surface area contributed by atoms with Gasteiger partial charge in [0.25, 0.3) is 0 Å². The molecule has 1 aromatic heterocycles. The Balaban J connectivity index is 1.67. The zero-order valence-corrected chi connectivity index (χ0v) is 14.1. The van der Waals surface area contributed by atoms with E-state index in [4.69, 9.17) is 4.42 Å². The van der Waals surface area contributed by atoms with E-state index in [2.05, 4.69) is 22.5 Å². The van der Waals surface area contributed by atoms with Crippen LogP contribution in [0.15, 0.2) is 22.6 Å². The van der Waals surface area contributed by atoms with Crippen LogP contribution in [0.1, 0.15) is 47.9 Å². The number of aromatic nitrogens is 1. The third kappa shape index (κ3) is 3.27. The van der Waals surface area contributed by atoms with E-state index in [9.17, 15) is 9.18 Å². The van der Waals surface area contributed by atoms with Gasteiger partial charge in [0.15, 0.2) is 0 Å². The summed E-state index contributed by atoms with van der Waals surface area (Å²) in [6.07, 6.45) is 1.55. The number of fused-ring (bicyclic) bond motifs is 1. The van der Waals surface area contributed by atoms with Crippen LogP contribution in [-0.2, 0) is 13.0 Å². The summed E-state index contributed by atoms with van der Waals surface area (Å²) in [5, 5.41) is 5.71. The summed E-state index contributed by atoms with van der Waals surface area (Å²) < 4.78 is 19.4. The van der Waals surface area contributed by atoms with Crippen LogP contribution in [-0.4, -0.2) is 11.0 Å². The first-order valence-electron chi connectivity index (χ1n) is 8.20. The lowest BCUT2D eigenvalue weighted by molar-refractivity contribution is 0.227. The van der Waals surface area contributed by atoms with Gasteiger partial charge in [-0.1, -0.05) is 19.1 Å². The number of oxazole rings is 1. The first kappa shape index (κ1) is 16.5. The number of hydrogen-bond acceptors (Lipinski definition) is 3. The van der Waals surface area contributed by atoms with E-state index >= 15 is 0 Å². The van der Waals surface area contributed by atoms with Crippen molar-refractivity contribution in [3.63, 3.8) is 0 Å². The van der Waals surface area contributed by atoms with E-state index in [0.717, 1.165) is 23.4 Å². The Morgan fingerprint density at radius 2 is 2.21 bits per heavy atom. The molecule has 2 atom stereocenters. The van der Waals surface area contributed by atoms with Crippen LogP contribution < -0.4 is 10.6 Å². The van der Waals surface area contributed by atoms with Crippen molar-refractivity contribution in [3.05, 3.63) is 52.5 Å². The molecule has 0 fully saturated rings. The maximum Gasteiger partial charge on any atom is 0.315 e. The number of halogens is 1. The maximum atomic E-state index is 14.0. The van der Waals surface area contributed by atoms with E-state index < -0.39 is 0 Å². The fraction of sp³-hybridized carbons (Fsp3) is 0.444. The lowest BCUT2D eigenvalue weighted by Crippen LogP contribution is -2.41. The number of aryl methyl sites for hydroxylation is 2. The third-order valence-corrected chi connectivity index (χ3v) is 4.67. The molecule has 0 bridgehead atoms. The van der Waals surface area contributed by atoms with Gasteiger partial charge in [0.1, 0.15) is 11.6 Å². The first-order chi connectivity index (χ1) is 11.5. The standard InChI is InChI=1S/C18H22FN3O2/c1-10-7-8-13-14(5-4-6-15(13)19)17(10)22-18(23)20-9-16-21-11(2)12(3)24-16/h4-6,10,17H,7-9H2,1-3H3,(H2,20,22,23). The quantitative estimate of drug-likeness (QED) is 0.904. The molecular weight excluding hydrogens is 309 g/mol. The number of carbonyl (C=O) groups is 1. The Morgan fingerprint density at radius 3 is 2.92 bits per heavy atom. The minimum atomic E-state index is -0.308. The second kappa shape index (κ2) is 6.63. The van der Waals surface area contributed by atoms with Crippen LogP contribution in [0.5, 0.6) is 0 Å². The van der Waals surface area contributed by atoms with Crippen molar-refractivity contribution in [2.45, 2.75) is 46.2 Å². The SMILES string of the molecule is Cc1nc(CNC(=O)NC2c3cccc(F)c3CCC2C)oc1C. The number of urea groups is 1. The highest BCUT2D eigenvalue weighted by molar-refractivity contribution is 5.74. The first-order valence-corrected chi connectivity index (χ1v) is 8.20. The fourth-order valence-corrected chi connectivity index (χ4v) is 3.16. The van der Waals surface area contributed by atoms with Crippen LogP contribution in [0.4, 0.5) is 9.18 Å². The van der Waals surface area contributed by atoms with E-state index in [1.807, 2.05) is 19.9 Å². The number of hydrogen-bond donors (Lipinski definition) is 2. The monoisotopic (exact) mass is 331 g/mol. The molecule has 5 nitrogen and oxygen atoms in total. The number of nitrogens with one attached hydrogen (secondary N) is 2. The Bertz CT molecular complexity index is 737. The van der Waals surface area contributed by atoms with Gasteiger partial charge < -0.3 is 15.1 Å². The van der Waals surface area contributed by atoms with Gasteiger partial charge in [-0.3, -0.25) is 0 Å². The van der Waals surface area contributed by atoms with E-state index in [1.165, 1.54) is 6.07 Å². The molecule has 1 heterocycles. The Hall–Kier alpha value is -2.37. The van der Waals surface area contributed by atoms with Gasteiger partial charge in [-0.25, -0.2) is 14.2 Å². The minimum absolute atomic E-state index is 0.197. The maximum absolute atomic E-state index is 14.0. The molecule has 0 saturated heterocycles. The zero-order valence-electron chi connectivity index (χ0n) is 14.1. The van der Waals surface area contributed by atoms with Crippen molar-refractivity contribution in [1.82, 2.24) is 15.6 Å². The molecule has 0 saturated carbocycles. The predicted molar refractivity (Wildman–Crippen MR) is 88.0 cm³/mol. The molecule has 2 unspecified atom stereocenters. The van der Waals surface area contributed by atoms with Crippen molar-refractivity contribution in [2.75, 3.05) is 0 Å². The number of carbonyl (C=O) groups excluding carboxylic acids is 1. The second-order valence-electron chi connectivity index (χ2n) is 6.38. The lowest BCUT2D eigenvalue weighted by atomic mass is 9.80. The van der Waals surface area contributed by atoms with Gasteiger partial charge in [-0.15, -0.1) is 0 Å². The van der Waals surface area contributed by atoms with Gasteiger partial charge in [-0.2, -0.15) is 0 Å². The van der Waals surface area contributed by atoms with Crippen molar-refractivity contribution in [2.24, 2.45) is 5.92 Å². The average molecular weight is 331 g/mol. The Kier molecular flexibility index (Phi) is 4.55. The summed E-state index contributed by atoms with van der Waals surface area (Å²) in [6, 6.07) is 4.55. The number of nitrogens with zero attached hydrogens (tertiary/aromatic N) is 1. The van der Waals surface area contributed by atoms with Crippen LogP contribution >= 0.6 is 0 Å². The van der Waals surface area contributed by atoms with Gasteiger partial charge in [0, 0.05) is 0 Å². The van der Waals surface area contributed by atoms with Gasteiger partial charge >= 0.3 is 6.03 Å². The molecule has 0 aliphatic heterocycles. The molecule has 2 amide bonds. The molecule has 2 aromatic rings. The van der Waals surface area contributed by atoms with E-state index in [-0.39, 0.29) is 30.4 Å². The molecule has 6 heteroatoms. The lowest BCUT2D eigenvalue weighted by Gasteiger charge is -2.32. The predicted octanol–water partition coefficient (Wildman–Crippen LogP) is 3.55. The summed E-state index contributed by atoms with van der Waals surface area (Å²) in [7, 11) is 0. The Morgan fingerprint density at radius 1 is 1.42 bits per heavy atom. The average Bonchev–Trinajstić information content (AvgIpc) is 2.87. The van der Waals surface area contributed by atoms with Crippen LogP contribution in [0.25, 0.3) is 0 Å². The number of rotatable bonds is 3. The molecule has 128 valence electrons. The van der Waals surface area contributed by atoms with Gasteiger partial charge in [-0.05, 0) is 49.8 Å². The van der Waals surface area contributed by atoms with Crippen molar-refractivity contribution in [1.29, 1.82) is 0 Å². The summed E-state index contributed by atoms with van der Waals surface area (Å²) in [6.45, 7) is 5.98. The smallest absolute Gasteiger partial charge is 0.315 e. The molecular formula is C18H22FN3O2. The van der Waals surface area contributed by atoms with Crippen molar-refractivity contribution >= 4 is 6.03 Å². The molecule has 0 radical (unpaired) electrons. The molecule has 1 aromatic carbocycles. The summed E-state index contributed by atoms with van der Waals surface area (Å²) in [5.41, 5.74) is 2.39. The van der Waals surface area contributed by atoms with Crippen LogP contribution in [0.3, 0.4) is 0 Å². The second-order valence-corrected chi connectivity index (χ2v) is 6.38. The highest BCUT2D eigenvalue weighted by Gasteiger charge is 2.29. The summed E-state index contributed by atoms with van der Waals surface area (Å²) in [4.78, 5) is 16.5. The summed E-state index contributed by atoms with van der Waals surface area (Å²) in [5.74, 6) is 1.27. The molecule has 1 aliphatic rings. The van der Waals surface area contributed by atoms with Gasteiger partial charge in [0.05, 0.1) is 18.3 Å². The van der Waals surface area contributed by atoms with Crippen molar-refractivity contribution in [3.8, 4) is 0 Å². The minimum Gasteiger partial charge on any atom is -0.444 e. The van der Waals surface area contributed by atoms with Crippen molar-refractivity contribution < 1.29 is 13.6 Å². The molecule has 1 aliphatic carbocycles. The number of benzene rings is 1. The van der Waals surface area contributed by atoms with E-state index in [1.54, 1.807) is 6.07 Å². The van der Waals surface area contributed by atoms with Crippen LogP contribution in [0, 0.1) is 25.6 Å². The largest absolute Gasteiger partial charge is 0.444 e. The fourth-order valence-electron chi connectivity index (χ4n) is 3.16. The zero-order chi connectivity index (χ0) is 17.3. The molecule has 24 heavy (non-hydrogen) atoms. The van der Waals surface area contributed by atoms with E-state index in [0.29, 0.717) is 17.9 Å². The summed E-state index contributed by atoms with van der Waals surface area (Å²) >= 11 is 0. The topological polar surface area (TPSA) is 67.2 Å².